The van der Waals surface area contributed by atoms with Gasteiger partial charge in [-0.25, -0.2) is 0 Å². The normalized spacial score (nSPS) is 22.8. The fraction of sp³-hybridized carbons (Fsp3) is 0.529. The summed E-state index contributed by atoms with van der Waals surface area (Å²) < 4.78 is 0. The van der Waals surface area contributed by atoms with E-state index in [1.165, 1.54) is 32.1 Å². The SMILES string of the molecule is C#Cc1cccc(NC2CCCC(C)(C)CC2)c1. The van der Waals surface area contributed by atoms with Gasteiger partial charge in [-0.1, -0.05) is 32.3 Å². The van der Waals surface area contributed by atoms with Crippen LogP contribution in [-0.4, -0.2) is 6.04 Å². The van der Waals surface area contributed by atoms with Crippen molar-refractivity contribution in [1.82, 2.24) is 0 Å². The first-order valence-corrected chi connectivity index (χ1v) is 6.92. The van der Waals surface area contributed by atoms with Crippen LogP contribution in [0.25, 0.3) is 0 Å². The molecular weight excluding hydrogens is 218 g/mol. The summed E-state index contributed by atoms with van der Waals surface area (Å²) in [6.07, 6.45) is 11.9. The van der Waals surface area contributed by atoms with Crippen LogP contribution in [-0.2, 0) is 0 Å². The number of terminal acetylenes is 1. The molecule has 1 atom stereocenters. The third-order valence-corrected chi connectivity index (χ3v) is 3.98. The number of nitrogens with one attached hydrogen (secondary N) is 1. The highest BCUT2D eigenvalue weighted by Gasteiger charge is 2.24. The molecule has 1 aromatic carbocycles. The van der Waals surface area contributed by atoms with E-state index >= 15 is 0 Å². The molecule has 1 saturated carbocycles. The van der Waals surface area contributed by atoms with E-state index in [1.807, 2.05) is 12.1 Å². The fourth-order valence-corrected chi connectivity index (χ4v) is 2.74. The molecule has 0 bridgehead atoms. The van der Waals surface area contributed by atoms with Crippen molar-refractivity contribution in [2.45, 2.75) is 52.0 Å². The Morgan fingerprint density at radius 1 is 1.28 bits per heavy atom. The van der Waals surface area contributed by atoms with Crippen LogP contribution in [0.3, 0.4) is 0 Å². The summed E-state index contributed by atoms with van der Waals surface area (Å²) in [5, 5.41) is 3.64. The maximum absolute atomic E-state index is 5.43. The molecule has 1 aliphatic carbocycles. The highest BCUT2D eigenvalue weighted by Crippen LogP contribution is 2.34. The van der Waals surface area contributed by atoms with Gasteiger partial charge in [-0.3, -0.25) is 0 Å². The summed E-state index contributed by atoms with van der Waals surface area (Å²) in [7, 11) is 0. The predicted molar refractivity (Wildman–Crippen MR) is 78.7 cm³/mol. The lowest BCUT2D eigenvalue weighted by molar-refractivity contribution is 0.313. The van der Waals surface area contributed by atoms with Gasteiger partial charge in [-0.2, -0.15) is 0 Å². The molecular formula is C17H23N. The Balaban J connectivity index is 1.99. The standard InChI is InChI=1S/C17H23N/c1-4-14-7-5-8-16(13-14)18-15-9-6-11-17(2,3)12-10-15/h1,5,7-8,13,15,18H,6,9-12H2,2-3H3. The average molecular weight is 241 g/mol. The van der Waals surface area contributed by atoms with Gasteiger partial charge in [0.2, 0.25) is 0 Å². The molecule has 1 aliphatic rings. The van der Waals surface area contributed by atoms with E-state index in [4.69, 9.17) is 6.42 Å². The van der Waals surface area contributed by atoms with E-state index in [-0.39, 0.29) is 0 Å². The summed E-state index contributed by atoms with van der Waals surface area (Å²) in [4.78, 5) is 0. The van der Waals surface area contributed by atoms with Gasteiger partial charge in [0, 0.05) is 17.3 Å². The Hall–Kier alpha value is -1.42. The zero-order chi connectivity index (χ0) is 13.0. The first-order valence-electron chi connectivity index (χ1n) is 6.92. The molecule has 0 amide bonds. The topological polar surface area (TPSA) is 12.0 Å². The van der Waals surface area contributed by atoms with E-state index in [1.54, 1.807) is 0 Å². The highest BCUT2D eigenvalue weighted by molar-refractivity contribution is 5.50. The van der Waals surface area contributed by atoms with Gasteiger partial charge < -0.3 is 5.32 Å². The molecule has 1 nitrogen and oxygen atoms in total. The molecule has 0 spiro atoms. The quantitative estimate of drug-likeness (QED) is 0.596. The molecule has 1 unspecified atom stereocenters. The summed E-state index contributed by atoms with van der Waals surface area (Å²) in [5.41, 5.74) is 2.63. The molecule has 1 N–H and O–H groups in total. The van der Waals surface area contributed by atoms with Gasteiger partial charge >= 0.3 is 0 Å². The van der Waals surface area contributed by atoms with Crippen LogP contribution in [0.5, 0.6) is 0 Å². The van der Waals surface area contributed by atoms with Crippen molar-refractivity contribution >= 4 is 5.69 Å². The van der Waals surface area contributed by atoms with E-state index in [9.17, 15) is 0 Å². The molecule has 1 fully saturated rings. The lowest BCUT2D eigenvalue weighted by Gasteiger charge is -2.22. The number of hydrogen-bond donors (Lipinski definition) is 1. The van der Waals surface area contributed by atoms with Crippen LogP contribution in [0.2, 0.25) is 0 Å². The summed E-state index contributed by atoms with van der Waals surface area (Å²) in [6.45, 7) is 4.77. The third kappa shape index (κ3) is 3.53. The number of hydrogen-bond acceptors (Lipinski definition) is 1. The molecule has 1 aromatic rings. The van der Waals surface area contributed by atoms with Gasteiger partial charge in [0.15, 0.2) is 0 Å². The Labute approximate surface area is 111 Å². The van der Waals surface area contributed by atoms with Gasteiger partial charge in [-0.05, 0) is 49.3 Å². The van der Waals surface area contributed by atoms with Crippen LogP contribution < -0.4 is 5.32 Å². The van der Waals surface area contributed by atoms with Gasteiger partial charge in [0.1, 0.15) is 0 Å². The molecule has 0 aliphatic heterocycles. The average Bonchev–Trinajstić information content (AvgIpc) is 2.51. The monoisotopic (exact) mass is 241 g/mol. The van der Waals surface area contributed by atoms with Gasteiger partial charge in [-0.15, -0.1) is 6.42 Å². The van der Waals surface area contributed by atoms with Crippen LogP contribution in [0.4, 0.5) is 5.69 Å². The molecule has 1 heteroatoms. The number of benzene rings is 1. The zero-order valence-electron chi connectivity index (χ0n) is 11.5. The molecule has 0 saturated heterocycles. The van der Waals surface area contributed by atoms with Crippen LogP contribution in [0, 0.1) is 17.8 Å². The van der Waals surface area contributed by atoms with Crippen molar-refractivity contribution in [2.75, 3.05) is 5.32 Å². The zero-order valence-corrected chi connectivity index (χ0v) is 11.5. The largest absolute Gasteiger partial charge is 0.382 e. The Kier molecular flexibility index (Phi) is 3.97. The smallest absolute Gasteiger partial charge is 0.0354 e. The van der Waals surface area contributed by atoms with Crippen molar-refractivity contribution in [1.29, 1.82) is 0 Å². The minimum Gasteiger partial charge on any atom is -0.382 e. The predicted octanol–water partition coefficient (Wildman–Crippen LogP) is 4.44. The Morgan fingerprint density at radius 2 is 2.11 bits per heavy atom. The number of anilines is 1. The minimum atomic E-state index is 0.511. The van der Waals surface area contributed by atoms with E-state index < -0.39 is 0 Å². The van der Waals surface area contributed by atoms with Crippen LogP contribution in [0.15, 0.2) is 24.3 Å². The van der Waals surface area contributed by atoms with Crippen molar-refractivity contribution in [3.8, 4) is 12.3 Å². The van der Waals surface area contributed by atoms with E-state index in [2.05, 4.69) is 37.2 Å². The Morgan fingerprint density at radius 3 is 2.89 bits per heavy atom. The summed E-state index contributed by atoms with van der Waals surface area (Å²) in [6, 6.07) is 8.77. The second-order valence-electron chi connectivity index (χ2n) is 6.16. The molecule has 0 aromatic heterocycles. The maximum atomic E-state index is 5.43. The van der Waals surface area contributed by atoms with E-state index in [0.29, 0.717) is 11.5 Å². The lowest BCUT2D eigenvalue weighted by Crippen LogP contribution is -2.19. The van der Waals surface area contributed by atoms with Crippen molar-refractivity contribution in [3.05, 3.63) is 29.8 Å². The second kappa shape index (κ2) is 5.48. The first kappa shape index (κ1) is 13.0. The van der Waals surface area contributed by atoms with E-state index in [0.717, 1.165) is 11.3 Å². The van der Waals surface area contributed by atoms with Gasteiger partial charge in [0.05, 0.1) is 0 Å². The van der Waals surface area contributed by atoms with Crippen molar-refractivity contribution in [2.24, 2.45) is 5.41 Å². The molecule has 96 valence electrons. The van der Waals surface area contributed by atoms with Gasteiger partial charge in [0.25, 0.3) is 0 Å². The highest BCUT2D eigenvalue weighted by atomic mass is 14.9. The molecule has 0 heterocycles. The van der Waals surface area contributed by atoms with Crippen LogP contribution >= 0.6 is 0 Å². The number of rotatable bonds is 2. The molecule has 18 heavy (non-hydrogen) atoms. The van der Waals surface area contributed by atoms with Crippen molar-refractivity contribution < 1.29 is 0 Å². The minimum absolute atomic E-state index is 0.511. The summed E-state index contributed by atoms with van der Waals surface area (Å²) in [5.74, 6) is 2.69. The molecule has 0 radical (unpaired) electrons. The fourth-order valence-electron chi connectivity index (χ4n) is 2.74. The summed E-state index contributed by atoms with van der Waals surface area (Å²) >= 11 is 0. The van der Waals surface area contributed by atoms with Crippen molar-refractivity contribution in [3.63, 3.8) is 0 Å². The maximum Gasteiger partial charge on any atom is 0.0354 e. The second-order valence-corrected chi connectivity index (χ2v) is 6.16. The molecule has 2 rings (SSSR count). The van der Waals surface area contributed by atoms with Crippen LogP contribution in [0.1, 0.15) is 51.5 Å². The Bertz CT molecular complexity index is 439. The lowest BCUT2D eigenvalue weighted by atomic mass is 9.85. The first-order chi connectivity index (χ1) is 8.59. The third-order valence-electron chi connectivity index (χ3n) is 3.98.